The first kappa shape index (κ1) is 20.5. The summed E-state index contributed by atoms with van der Waals surface area (Å²) in [4.78, 5) is 20.9. The molecule has 10 heteroatoms. The predicted octanol–water partition coefficient (Wildman–Crippen LogP) is 3.77. The Morgan fingerprint density at radius 3 is 2.67 bits per heavy atom. The average molecular weight is 433 g/mol. The van der Waals surface area contributed by atoms with Gasteiger partial charge in [-0.25, -0.2) is 15.8 Å². The van der Waals surface area contributed by atoms with E-state index in [2.05, 4.69) is 26.1 Å². The standard InChI is InChI=1S/C20H18F3N5OS/c1-11-16(12-5-7-24-8-6-12)27-28-17(11)26-18(29)15-10-30-19(25-15)13-3-2-4-14(9-13)20(21,22)23/h2-11,16-17,27-28H,1H3,(H,26,29). The summed E-state index contributed by atoms with van der Waals surface area (Å²) in [5.41, 5.74) is 7.00. The lowest BCUT2D eigenvalue weighted by atomic mass is 9.95. The average Bonchev–Trinajstić information content (AvgIpc) is 3.36. The molecule has 0 spiro atoms. The second kappa shape index (κ2) is 8.13. The molecular formula is C20H18F3N5OS. The number of hydrogen-bond donors (Lipinski definition) is 3. The highest BCUT2D eigenvalue weighted by molar-refractivity contribution is 7.13. The number of alkyl halides is 3. The lowest BCUT2D eigenvalue weighted by molar-refractivity contribution is -0.137. The van der Waals surface area contributed by atoms with Crippen LogP contribution >= 0.6 is 11.3 Å². The van der Waals surface area contributed by atoms with Crippen molar-refractivity contribution in [3.8, 4) is 10.6 Å². The number of hydrazine groups is 1. The molecule has 30 heavy (non-hydrogen) atoms. The molecule has 0 radical (unpaired) electrons. The van der Waals surface area contributed by atoms with Crippen molar-refractivity contribution in [3.63, 3.8) is 0 Å². The quantitative estimate of drug-likeness (QED) is 0.584. The number of hydrogen-bond acceptors (Lipinski definition) is 6. The van der Waals surface area contributed by atoms with Gasteiger partial charge in [-0.3, -0.25) is 9.78 Å². The van der Waals surface area contributed by atoms with Gasteiger partial charge < -0.3 is 5.32 Å². The zero-order chi connectivity index (χ0) is 21.3. The highest BCUT2D eigenvalue weighted by Gasteiger charge is 2.35. The number of halogens is 3. The largest absolute Gasteiger partial charge is 0.416 e. The second-order valence-corrected chi connectivity index (χ2v) is 7.83. The van der Waals surface area contributed by atoms with Crippen LogP contribution in [0.15, 0.2) is 54.2 Å². The van der Waals surface area contributed by atoms with Gasteiger partial charge in [-0.1, -0.05) is 19.1 Å². The number of carbonyl (C=O) groups is 1. The number of aromatic nitrogens is 2. The van der Waals surface area contributed by atoms with Gasteiger partial charge in [0, 0.05) is 29.3 Å². The first-order valence-electron chi connectivity index (χ1n) is 9.18. The number of benzene rings is 1. The predicted molar refractivity (Wildman–Crippen MR) is 106 cm³/mol. The molecule has 2 aromatic heterocycles. The van der Waals surface area contributed by atoms with Crippen molar-refractivity contribution in [2.45, 2.75) is 25.3 Å². The van der Waals surface area contributed by atoms with Gasteiger partial charge in [0.2, 0.25) is 0 Å². The van der Waals surface area contributed by atoms with E-state index in [0.29, 0.717) is 10.6 Å². The van der Waals surface area contributed by atoms with Crippen molar-refractivity contribution < 1.29 is 18.0 Å². The maximum absolute atomic E-state index is 12.9. The Morgan fingerprint density at radius 1 is 1.17 bits per heavy atom. The second-order valence-electron chi connectivity index (χ2n) is 6.97. The van der Waals surface area contributed by atoms with Crippen molar-refractivity contribution in [1.29, 1.82) is 0 Å². The molecule has 3 N–H and O–H groups in total. The smallest absolute Gasteiger partial charge is 0.334 e. The minimum absolute atomic E-state index is 0.00518. The summed E-state index contributed by atoms with van der Waals surface area (Å²) < 4.78 is 38.8. The van der Waals surface area contributed by atoms with Crippen molar-refractivity contribution >= 4 is 17.2 Å². The van der Waals surface area contributed by atoms with E-state index >= 15 is 0 Å². The molecular weight excluding hydrogens is 415 g/mol. The highest BCUT2D eigenvalue weighted by Crippen LogP contribution is 2.33. The Kier molecular flexibility index (Phi) is 5.54. The Hall–Kier alpha value is -2.82. The molecule has 1 amide bonds. The normalized spacial score (nSPS) is 21.5. The number of carbonyl (C=O) groups excluding carboxylic acids is 1. The topological polar surface area (TPSA) is 78.9 Å². The van der Waals surface area contributed by atoms with E-state index in [9.17, 15) is 18.0 Å². The summed E-state index contributed by atoms with van der Waals surface area (Å²) in [6.07, 6.45) is -1.36. The molecule has 0 saturated carbocycles. The molecule has 156 valence electrons. The van der Waals surface area contributed by atoms with E-state index in [1.165, 1.54) is 6.07 Å². The summed E-state index contributed by atoms with van der Waals surface area (Å²) in [6.45, 7) is 2.00. The fourth-order valence-corrected chi connectivity index (χ4v) is 4.11. The highest BCUT2D eigenvalue weighted by atomic mass is 32.1. The van der Waals surface area contributed by atoms with Gasteiger partial charge in [0.1, 0.15) is 10.7 Å². The molecule has 1 aliphatic rings. The van der Waals surface area contributed by atoms with Gasteiger partial charge in [-0.15, -0.1) is 11.3 Å². The lowest BCUT2D eigenvalue weighted by Gasteiger charge is -2.19. The van der Waals surface area contributed by atoms with E-state index < -0.39 is 17.6 Å². The number of pyridine rings is 1. The maximum Gasteiger partial charge on any atom is 0.416 e. The number of thiazole rings is 1. The Morgan fingerprint density at radius 2 is 1.93 bits per heavy atom. The van der Waals surface area contributed by atoms with Crippen LogP contribution in [0.4, 0.5) is 13.2 Å². The van der Waals surface area contributed by atoms with Crippen molar-refractivity contribution in [3.05, 3.63) is 71.0 Å². The SMILES string of the molecule is CC1C(NC(=O)c2csc(-c3cccc(C(F)(F)F)c3)n2)NNC1c1ccncc1. The lowest BCUT2D eigenvalue weighted by Crippen LogP contribution is -2.46. The molecule has 1 fully saturated rings. The molecule has 3 atom stereocenters. The van der Waals surface area contributed by atoms with Gasteiger partial charge in [-0.05, 0) is 29.8 Å². The van der Waals surface area contributed by atoms with Crippen LogP contribution in [0, 0.1) is 5.92 Å². The Labute approximate surface area is 174 Å². The zero-order valence-electron chi connectivity index (χ0n) is 15.8. The molecule has 1 saturated heterocycles. The first-order valence-corrected chi connectivity index (χ1v) is 10.1. The van der Waals surface area contributed by atoms with Crippen molar-refractivity contribution in [2.75, 3.05) is 0 Å². The third-order valence-electron chi connectivity index (χ3n) is 4.97. The summed E-state index contributed by atoms with van der Waals surface area (Å²) in [5.74, 6) is -0.357. The van der Waals surface area contributed by atoms with Crippen LogP contribution in [0.2, 0.25) is 0 Å². The monoisotopic (exact) mass is 433 g/mol. The van der Waals surface area contributed by atoms with E-state index in [4.69, 9.17) is 0 Å². The number of amides is 1. The van der Waals surface area contributed by atoms with Gasteiger partial charge in [-0.2, -0.15) is 13.2 Å². The van der Waals surface area contributed by atoms with Crippen molar-refractivity contribution in [2.24, 2.45) is 5.92 Å². The maximum atomic E-state index is 12.9. The van der Waals surface area contributed by atoms with Gasteiger partial charge in [0.05, 0.1) is 17.8 Å². The Balaban J connectivity index is 1.45. The van der Waals surface area contributed by atoms with Gasteiger partial charge in [0.15, 0.2) is 0 Å². The minimum atomic E-state index is -4.43. The van der Waals surface area contributed by atoms with Crippen molar-refractivity contribution in [1.82, 2.24) is 26.1 Å². The van der Waals surface area contributed by atoms with Gasteiger partial charge in [0.25, 0.3) is 5.91 Å². The van der Waals surface area contributed by atoms with E-state index in [-0.39, 0.29) is 23.8 Å². The molecule has 0 aliphatic carbocycles. The third kappa shape index (κ3) is 4.20. The number of nitrogens with one attached hydrogen (secondary N) is 3. The van der Waals surface area contributed by atoms with Crippen LogP contribution < -0.4 is 16.2 Å². The molecule has 4 rings (SSSR count). The third-order valence-corrected chi connectivity index (χ3v) is 5.86. The number of rotatable bonds is 4. The van der Waals surface area contributed by atoms with Crippen LogP contribution in [-0.2, 0) is 6.18 Å². The van der Waals surface area contributed by atoms with Crippen LogP contribution in [0.1, 0.15) is 34.6 Å². The van der Waals surface area contributed by atoms with Crippen LogP contribution in [0.3, 0.4) is 0 Å². The van der Waals surface area contributed by atoms with Crippen LogP contribution in [0.25, 0.3) is 10.6 Å². The van der Waals surface area contributed by atoms with E-state index in [1.54, 1.807) is 23.8 Å². The minimum Gasteiger partial charge on any atom is -0.334 e. The summed E-state index contributed by atoms with van der Waals surface area (Å²) in [5, 5.41) is 4.77. The fraction of sp³-hybridized carbons (Fsp3) is 0.250. The van der Waals surface area contributed by atoms with E-state index in [0.717, 1.165) is 29.0 Å². The van der Waals surface area contributed by atoms with Gasteiger partial charge >= 0.3 is 6.18 Å². The van der Waals surface area contributed by atoms with Crippen LogP contribution in [-0.4, -0.2) is 22.0 Å². The fourth-order valence-electron chi connectivity index (χ4n) is 3.31. The van der Waals surface area contributed by atoms with Crippen LogP contribution in [0.5, 0.6) is 0 Å². The summed E-state index contributed by atoms with van der Waals surface area (Å²) >= 11 is 1.12. The molecule has 6 nitrogen and oxygen atoms in total. The Bertz CT molecular complexity index is 1040. The zero-order valence-corrected chi connectivity index (χ0v) is 16.6. The summed E-state index contributed by atoms with van der Waals surface area (Å²) in [7, 11) is 0. The first-order chi connectivity index (χ1) is 14.3. The molecule has 1 aromatic carbocycles. The molecule has 3 aromatic rings. The molecule has 1 aliphatic heterocycles. The number of nitrogens with zero attached hydrogens (tertiary/aromatic N) is 2. The molecule has 3 unspecified atom stereocenters. The van der Waals surface area contributed by atoms with E-state index in [1.807, 2.05) is 19.1 Å². The summed E-state index contributed by atoms with van der Waals surface area (Å²) in [6, 6.07) is 8.71. The molecule has 0 bridgehead atoms. The molecule has 3 heterocycles.